The molecule has 0 fully saturated rings. The second-order valence-corrected chi connectivity index (χ2v) is 5.82. The molecule has 0 atom stereocenters. The summed E-state index contributed by atoms with van der Waals surface area (Å²) in [5, 5.41) is 11.2. The van der Waals surface area contributed by atoms with Crippen LogP contribution in [0.4, 0.5) is 5.69 Å². The van der Waals surface area contributed by atoms with Gasteiger partial charge in [-0.3, -0.25) is 4.79 Å². The fraction of sp³-hybridized carbons (Fsp3) is 0.0667. The lowest BCUT2D eigenvalue weighted by Crippen LogP contribution is -2.12. The van der Waals surface area contributed by atoms with Crippen LogP contribution in [0, 0.1) is 11.3 Å². The van der Waals surface area contributed by atoms with Crippen molar-refractivity contribution in [3.05, 3.63) is 57.0 Å². The number of carbonyl (C=O) groups excluding carboxylic acids is 1. The number of ether oxygens (including phenoxy) is 1. The Morgan fingerprint density at radius 3 is 2.57 bits per heavy atom. The number of nitrogens with one attached hydrogen (secondary N) is 1. The number of anilines is 1. The Balaban J connectivity index is 2.09. The van der Waals surface area contributed by atoms with Gasteiger partial charge in [-0.15, -0.1) is 0 Å². The van der Waals surface area contributed by atoms with Crippen LogP contribution in [0.25, 0.3) is 0 Å². The third-order valence-corrected chi connectivity index (χ3v) is 3.77. The SMILES string of the molecule is N#CCOc1ccc(NC(=O)c2cc(Br)ccc2Br)cc1. The van der Waals surface area contributed by atoms with Crippen molar-refractivity contribution in [2.45, 2.75) is 0 Å². The number of carbonyl (C=O) groups is 1. The van der Waals surface area contributed by atoms with Crippen LogP contribution in [0.15, 0.2) is 51.4 Å². The molecule has 2 rings (SSSR count). The van der Waals surface area contributed by atoms with Gasteiger partial charge in [0.25, 0.3) is 5.91 Å². The fourth-order valence-corrected chi connectivity index (χ4v) is 2.41. The number of nitrogens with zero attached hydrogens (tertiary/aromatic N) is 1. The van der Waals surface area contributed by atoms with Crippen LogP contribution in [0.1, 0.15) is 10.4 Å². The monoisotopic (exact) mass is 408 g/mol. The first-order valence-corrected chi connectivity index (χ1v) is 7.55. The molecule has 0 radical (unpaired) electrons. The number of amides is 1. The minimum atomic E-state index is -0.214. The molecule has 1 N–H and O–H groups in total. The number of rotatable bonds is 4. The van der Waals surface area contributed by atoms with E-state index in [1.807, 2.05) is 12.1 Å². The second-order valence-electron chi connectivity index (χ2n) is 4.05. The van der Waals surface area contributed by atoms with E-state index in [1.165, 1.54) is 0 Å². The molecule has 0 spiro atoms. The van der Waals surface area contributed by atoms with Crippen molar-refractivity contribution in [1.82, 2.24) is 0 Å². The summed E-state index contributed by atoms with van der Waals surface area (Å²) in [7, 11) is 0. The minimum absolute atomic E-state index is 0.00328. The van der Waals surface area contributed by atoms with E-state index in [0.717, 1.165) is 8.95 Å². The largest absolute Gasteiger partial charge is 0.479 e. The van der Waals surface area contributed by atoms with Crippen LogP contribution >= 0.6 is 31.9 Å². The molecule has 106 valence electrons. The second kappa shape index (κ2) is 7.25. The number of hydrogen-bond donors (Lipinski definition) is 1. The van der Waals surface area contributed by atoms with E-state index in [-0.39, 0.29) is 12.5 Å². The van der Waals surface area contributed by atoms with Gasteiger partial charge < -0.3 is 10.1 Å². The molecule has 1 amide bonds. The predicted octanol–water partition coefficient (Wildman–Crippen LogP) is 4.37. The lowest BCUT2D eigenvalue weighted by Gasteiger charge is -2.08. The number of benzene rings is 2. The third kappa shape index (κ3) is 4.31. The first-order valence-electron chi connectivity index (χ1n) is 5.96. The van der Waals surface area contributed by atoms with Gasteiger partial charge in [-0.25, -0.2) is 0 Å². The molecule has 2 aromatic carbocycles. The highest BCUT2D eigenvalue weighted by atomic mass is 79.9. The summed E-state index contributed by atoms with van der Waals surface area (Å²) in [6, 6.07) is 14.1. The van der Waals surface area contributed by atoms with Crippen LogP contribution in [-0.4, -0.2) is 12.5 Å². The smallest absolute Gasteiger partial charge is 0.256 e. The summed E-state index contributed by atoms with van der Waals surface area (Å²) in [6.45, 7) is -0.00328. The summed E-state index contributed by atoms with van der Waals surface area (Å²) >= 11 is 6.69. The van der Waals surface area contributed by atoms with Crippen LogP contribution in [0.5, 0.6) is 5.75 Å². The molecule has 4 nitrogen and oxygen atoms in total. The van der Waals surface area contributed by atoms with Crippen molar-refractivity contribution < 1.29 is 9.53 Å². The van der Waals surface area contributed by atoms with E-state index in [0.29, 0.717) is 17.0 Å². The van der Waals surface area contributed by atoms with Crippen molar-refractivity contribution in [2.75, 3.05) is 11.9 Å². The van der Waals surface area contributed by atoms with Gasteiger partial charge in [0.15, 0.2) is 6.61 Å². The maximum atomic E-state index is 12.2. The topological polar surface area (TPSA) is 62.1 Å². The summed E-state index contributed by atoms with van der Waals surface area (Å²) in [6.07, 6.45) is 0. The summed E-state index contributed by atoms with van der Waals surface area (Å²) < 4.78 is 6.70. The molecule has 6 heteroatoms. The molecule has 0 aliphatic rings. The van der Waals surface area contributed by atoms with E-state index < -0.39 is 0 Å². The Kier molecular flexibility index (Phi) is 5.37. The molecule has 0 saturated heterocycles. The molecular weight excluding hydrogens is 400 g/mol. The van der Waals surface area contributed by atoms with Gasteiger partial charge in [-0.1, -0.05) is 15.9 Å². The van der Waals surface area contributed by atoms with Crippen molar-refractivity contribution in [3.8, 4) is 11.8 Å². The highest BCUT2D eigenvalue weighted by Gasteiger charge is 2.10. The molecule has 0 saturated carbocycles. The molecule has 0 aliphatic carbocycles. The minimum Gasteiger partial charge on any atom is -0.479 e. The van der Waals surface area contributed by atoms with E-state index >= 15 is 0 Å². The van der Waals surface area contributed by atoms with Crippen LogP contribution in [0.3, 0.4) is 0 Å². The Morgan fingerprint density at radius 2 is 1.90 bits per heavy atom. The molecule has 0 aromatic heterocycles. The lowest BCUT2D eigenvalue weighted by atomic mass is 10.2. The lowest BCUT2D eigenvalue weighted by molar-refractivity contribution is 0.102. The quantitative estimate of drug-likeness (QED) is 0.815. The van der Waals surface area contributed by atoms with Gasteiger partial charge in [-0.2, -0.15) is 5.26 Å². The molecular formula is C15H10Br2N2O2. The Bertz CT molecular complexity index is 694. The number of hydrogen-bond acceptors (Lipinski definition) is 3. The van der Waals surface area contributed by atoms with Crippen molar-refractivity contribution in [1.29, 1.82) is 5.26 Å². The normalized spacial score (nSPS) is 9.76. The van der Waals surface area contributed by atoms with Gasteiger partial charge in [0, 0.05) is 14.6 Å². The zero-order valence-electron chi connectivity index (χ0n) is 10.8. The van der Waals surface area contributed by atoms with Gasteiger partial charge >= 0.3 is 0 Å². The first kappa shape index (κ1) is 15.5. The summed E-state index contributed by atoms with van der Waals surface area (Å²) in [5.41, 5.74) is 1.19. The maximum absolute atomic E-state index is 12.2. The molecule has 0 aliphatic heterocycles. The zero-order chi connectivity index (χ0) is 15.2. The van der Waals surface area contributed by atoms with E-state index in [9.17, 15) is 4.79 Å². The van der Waals surface area contributed by atoms with E-state index in [2.05, 4.69) is 37.2 Å². The highest BCUT2D eigenvalue weighted by Crippen LogP contribution is 2.23. The van der Waals surface area contributed by atoms with Crippen LogP contribution < -0.4 is 10.1 Å². The standard InChI is InChI=1S/C15H10Br2N2O2/c16-10-1-6-14(17)13(9-10)15(20)19-11-2-4-12(5-3-11)21-8-7-18/h1-6,9H,8H2,(H,19,20). The Hall–Kier alpha value is -1.84. The van der Waals surface area contributed by atoms with Crippen molar-refractivity contribution in [2.24, 2.45) is 0 Å². The molecule has 0 unspecified atom stereocenters. The predicted molar refractivity (Wildman–Crippen MR) is 87.3 cm³/mol. The molecule has 0 heterocycles. The number of nitriles is 1. The van der Waals surface area contributed by atoms with Crippen LogP contribution in [-0.2, 0) is 0 Å². The van der Waals surface area contributed by atoms with Crippen molar-refractivity contribution in [3.63, 3.8) is 0 Å². The maximum Gasteiger partial charge on any atom is 0.256 e. The van der Waals surface area contributed by atoms with Crippen LogP contribution in [0.2, 0.25) is 0 Å². The first-order chi connectivity index (χ1) is 10.1. The average Bonchev–Trinajstić information content (AvgIpc) is 2.49. The van der Waals surface area contributed by atoms with Gasteiger partial charge in [-0.05, 0) is 58.4 Å². The van der Waals surface area contributed by atoms with Gasteiger partial charge in [0.1, 0.15) is 11.8 Å². The zero-order valence-corrected chi connectivity index (χ0v) is 13.9. The van der Waals surface area contributed by atoms with Crippen molar-refractivity contribution >= 4 is 43.5 Å². The molecule has 0 bridgehead atoms. The van der Waals surface area contributed by atoms with Gasteiger partial charge in [0.2, 0.25) is 0 Å². The third-order valence-electron chi connectivity index (χ3n) is 2.59. The average molecular weight is 410 g/mol. The summed E-state index contributed by atoms with van der Waals surface area (Å²) in [5.74, 6) is 0.368. The molecule has 21 heavy (non-hydrogen) atoms. The number of halogens is 2. The van der Waals surface area contributed by atoms with E-state index in [1.54, 1.807) is 36.4 Å². The van der Waals surface area contributed by atoms with E-state index in [4.69, 9.17) is 10.00 Å². The Morgan fingerprint density at radius 1 is 1.19 bits per heavy atom. The molecule has 2 aromatic rings. The fourth-order valence-electron chi connectivity index (χ4n) is 1.62. The summed E-state index contributed by atoms with van der Waals surface area (Å²) in [4.78, 5) is 12.2. The Labute approximate surface area is 139 Å². The highest BCUT2D eigenvalue weighted by molar-refractivity contribution is 9.11. The van der Waals surface area contributed by atoms with Gasteiger partial charge in [0.05, 0.1) is 5.56 Å².